The fourth-order valence-corrected chi connectivity index (χ4v) is 1.55. The molecule has 0 amide bonds. The van der Waals surface area contributed by atoms with Crippen molar-refractivity contribution in [1.29, 1.82) is 0 Å². The van der Waals surface area contributed by atoms with Crippen LogP contribution in [0.4, 0.5) is 0 Å². The Labute approximate surface area is 131 Å². The average Bonchev–Trinajstić information content (AvgIpc) is 2.49. The van der Waals surface area contributed by atoms with Crippen molar-refractivity contribution in [2.75, 3.05) is 33.5 Å². The number of rotatable bonds is 13. The molecule has 7 heteroatoms. The molecule has 0 aliphatic rings. The summed E-state index contributed by atoms with van der Waals surface area (Å²) in [4.78, 5) is 33.7. The topological polar surface area (TPSA) is 88.1 Å². The van der Waals surface area contributed by atoms with Crippen molar-refractivity contribution >= 4 is 17.9 Å². The maximum Gasteiger partial charge on any atom is 0.306 e. The third-order valence-corrected chi connectivity index (χ3v) is 2.68. The van der Waals surface area contributed by atoms with Crippen molar-refractivity contribution in [3.8, 4) is 0 Å². The van der Waals surface area contributed by atoms with Gasteiger partial charge in [0.1, 0.15) is 6.61 Å². The zero-order valence-corrected chi connectivity index (χ0v) is 13.4. The van der Waals surface area contributed by atoms with E-state index in [2.05, 4.69) is 0 Å². The summed E-state index contributed by atoms with van der Waals surface area (Å²) < 4.78 is 19.3. The van der Waals surface area contributed by atoms with Crippen molar-refractivity contribution < 1.29 is 33.3 Å². The minimum Gasteiger partial charge on any atom is -0.466 e. The molecule has 0 heterocycles. The van der Waals surface area contributed by atoms with Crippen molar-refractivity contribution in [1.82, 2.24) is 0 Å². The zero-order chi connectivity index (χ0) is 16.6. The first-order chi connectivity index (χ1) is 10.6. The molecule has 0 aliphatic heterocycles. The van der Waals surface area contributed by atoms with Gasteiger partial charge in [-0.2, -0.15) is 0 Å². The number of carbonyl (C=O) groups excluding carboxylic acids is 3. The van der Waals surface area contributed by atoms with Gasteiger partial charge in [-0.25, -0.2) is 0 Å². The highest BCUT2D eigenvalue weighted by molar-refractivity contribution is 5.77. The molecule has 0 saturated carbocycles. The summed E-state index contributed by atoms with van der Waals surface area (Å²) in [5, 5.41) is 0. The second-order valence-corrected chi connectivity index (χ2v) is 4.55. The van der Waals surface area contributed by atoms with Crippen LogP contribution in [0.3, 0.4) is 0 Å². The number of ether oxygens (including phenoxy) is 4. The van der Waals surface area contributed by atoms with Crippen LogP contribution in [0.15, 0.2) is 0 Å². The van der Waals surface area contributed by atoms with E-state index >= 15 is 0 Å². The summed E-state index contributed by atoms with van der Waals surface area (Å²) in [5.74, 6) is -1.07. The fraction of sp³-hybridized carbons (Fsp3) is 0.800. The third kappa shape index (κ3) is 13.4. The minimum absolute atomic E-state index is 0.00536. The second kappa shape index (κ2) is 14.3. The van der Waals surface area contributed by atoms with Crippen molar-refractivity contribution in [2.45, 2.75) is 45.4 Å². The quantitative estimate of drug-likeness (QED) is 0.290. The number of esters is 3. The number of hydrogen-bond acceptors (Lipinski definition) is 7. The van der Waals surface area contributed by atoms with Gasteiger partial charge in [-0.3, -0.25) is 14.4 Å². The molecule has 22 heavy (non-hydrogen) atoms. The standard InChI is InChI=1S/C15H26O7/c1-3-20-13(16)7-5-4-6-10-21-14(17)8-9-15(18)22-12-11-19-2/h3-12H2,1-2H3. The fourth-order valence-electron chi connectivity index (χ4n) is 1.55. The molecule has 0 spiro atoms. The average molecular weight is 318 g/mol. The molecule has 0 radical (unpaired) electrons. The largest absolute Gasteiger partial charge is 0.466 e. The Kier molecular flexibility index (Phi) is 13.3. The molecule has 128 valence electrons. The van der Waals surface area contributed by atoms with E-state index < -0.39 is 11.9 Å². The van der Waals surface area contributed by atoms with Crippen LogP contribution in [0.5, 0.6) is 0 Å². The summed E-state index contributed by atoms with van der Waals surface area (Å²) in [6.07, 6.45) is 2.58. The Morgan fingerprint density at radius 1 is 0.682 bits per heavy atom. The Balaban J connectivity index is 3.42. The normalized spacial score (nSPS) is 10.1. The van der Waals surface area contributed by atoms with Crippen LogP contribution in [-0.4, -0.2) is 51.4 Å². The maximum atomic E-state index is 11.4. The van der Waals surface area contributed by atoms with Crippen LogP contribution in [0.25, 0.3) is 0 Å². The van der Waals surface area contributed by atoms with E-state index in [4.69, 9.17) is 18.9 Å². The monoisotopic (exact) mass is 318 g/mol. The second-order valence-electron chi connectivity index (χ2n) is 4.55. The highest BCUT2D eigenvalue weighted by Crippen LogP contribution is 2.03. The lowest BCUT2D eigenvalue weighted by atomic mass is 10.2. The number of methoxy groups -OCH3 is 1. The van der Waals surface area contributed by atoms with E-state index in [0.29, 0.717) is 39.1 Å². The van der Waals surface area contributed by atoms with E-state index in [1.807, 2.05) is 0 Å². The maximum absolute atomic E-state index is 11.4. The van der Waals surface area contributed by atoms with Crippen LogP contribution in [-0.2, 0) is 33.3 Å². The van der Waals surface area contributed by atoms with Gasteiger partial charge in [-0.15, -0.1) is 0 Å². The van der Waals surface area contributed by atoms with Crippen LogP contribution in [0.1, 0.15) is 45.4 Å². The molecule has 0 aromatic rings. The molecule has 0 unspecified atom stereocenters. The van der Waals surface area contributed by atoms with Crippen LogP contribution in [0.2, 0.25) is 0 Å². The first-order valence-corrected chi connectivity index (χ1v) is 7.56. The summed E-state index contributed by atoms with van der Waals surface area (Å²) >= 11 is 0. The van der Waals surface area contributed by atoms with Crippen molar-refractivity contribution in [2.24, 2.45) is 0 Å². The molecule has 0 bridgehead atoms. The first kappa shape index (κ1) is 20.4. The van der Waals surface area contributed by atoms with Gasteiger partial charge >= 0.3 is 17.9 Å². The predicted octanol–water partition coefficient (Wildman–Crippen LogP) is 1.62. The molecule has 0 aromatic carbocycles. The number of unbranched alkanes of at least 4 members (excludes halogenated alkanes) is 2. The van der Waals surface area contributed by atoms with E-state index in [-0.39, 0.29) is 25.4 Å². The van der Waals surface area contributed by atoms with Gasteiger partial charge in [0.2, 0.25) is 0 Å². The van der Waals surface area contributed by atoms with Crippen LogP contribution in [0, 0.1) is 0 Å². The molecule has 0 fully saturated rings. The predicted molar refractivity (Wildman–Crippen MR) is 78.1 cm³/mol. The molecule has 0 aliphatic carbocycles. The molecule has 7 nitrogen and oxygen atoms in total. The number of hydrogen-bond donors (Lipinski definition) is 0. The molecular formula is C15H26O7. The molecule has 0 rings (SSSR count). The minimum atomic E-state index is -0.441. The lowest BCUT2D eigenvalue weighted by molar-refractivity contribution is -0.151. The third-order valence-electron chi connectivity index (χ3n) is 2.68. The summed E-state index contributed by atoms with van der Waals surface area (Å²) in [6.45, 7) is 2.97. The van der Waals surface area contributed by atoms with Crippen molar-refractivity contribution in [3.63, 3.8) is 0 Å². The SMILES string of the molecule is CCOC(=O)CCCCCOC(=O)CCC(=O)OCCOC. The van der Waals surface area contributed by atoms with E-state index in [1.54, 1.807) is 6.92 Å². The zero-order valence-electron chi connectivity index (χ0n) is 13.4. The van der Waals surface area contributed by atoms with Gasteiger partial charge in [0, 0.05) is 13.5 Å². The Morgan fingerprint density at radius 3 is 1.86 bits per heavy atom. The first-order valence-electron chi connectivity index (χ1n) is 7.56. The number of carbonyl (C=O) groups is 3. The highest BCUT2D eigenvalue weighted by Gasteiger charge is 2.09. The van der Waals surface area contributed by atoms with Gasteiger partial charge < -0.3 is 18.9 Å². The summed E-state index contributed by atoms with van der Waals surface area (Å²) in [6, 6.07) is 0. The van der Waals surface area contributed by atoms with Gasteiger partial charge in [0.25, 0.3) is 0 Å². The Bertz CT molecular complexity index is 328. The van der Waals surface area contributed by atoms with Gasteiger partial charge in [0.15, 0.2) is 0 Å². The molecule has 0 saturated heterocycles. The lowest BCUT2D eigenvalue weighted by Crippen LogP contribution is -2.13. The van der Waals surface area contributed by atoms with Crippen LogP contribution >= 0.6 is 0 Å². The van der Waals surface area contributed by atoms with E-state index in [0.717, 1.165) is 6.42 Å². The lowest BCUT2D eigenvalue weighted by Gasteiger charge is -2.06. The Hall–Kier alpha value is -1.63. The van der Waals surface area contributed by atoms with Crippen molar-refractivity contribution in [3.05, 3.63) is 0 Å². The molecule has 0 atom stereocenters. The van der Waals surface area contributed by atoms with E-state index in [1.165, 1.54) is 7.11 Å². The van der Waals surface area contributed by atoms with Gasteiger partial charge in [-0.1, -0.05) is 0 Å². The van der Waals surface area contributed by atoms with Crippen LogP contribution < -0.4 is 0 Å². The smallest absolute Gasteiger partial charge is 0.306 e. The molecular weight excluding hydrogens is 292 g/mol. The summed E-state index contributed by atoms with van der Waals surface area (Å²) in [5.41, 5.74) is 0. The summed E-state index contributed by atoms with van der Waals surface area (Å²) in [7, 11) is 1.51. The molecule has 0 aromatic heterocycles. The van der Waals surface area contributed by atoms with E-state index in [9.17, 15) is 14.4 Å². The Morgan fingerprint density at radius 2 is 1.27 bits per heavy atom. The highest BCUT2D eigenvalue weighted by atomic mass is 16.6. The van der Waals surface area contributed by atoms with Gasteiger partial charge in [0.05, 0.1) is 32.7 Å². The molecule has 0 N–H and O–H groups in total. The van der Waals surface area contributed by atoms with Gasteiger partial charge in [-0.05, 0) is 26.2 Å².